The molecule has 49 heavy (non-hydrogen) atoms. The molecule has 5 N–H and O–H groups in total. The van der Waals surface area contributed by atoms with Gasteiger partial charge in [-0.1, -0.05) is 12.1 Å². The predicted molar refractivity (Wildman–Crippen MR) is 173 cm³/mol. The van der Waals surface area contributed by atoms with Gasteiger partial charge in [0, 0.05) is 34.6 Å². The highest BCUT2D eigenvalue weighted by atomic mass is 32.2. The van der Waals surface area contributed by atoms with Crippen molar-refractivity contribution >= 4 is 50.7 Å². The molecule has 0 radical (unpaired) electrons. The molecule has 3 aromatic carbocycles. The van der Waals surface area contributed by atoms with Gasteiger partial charge in [0.25, 0.3) is 0 Å². The molecule has 4 rings (SSSR count). The molecule has 0 aliphatic carbocycles. The van der Waals surface area contributed by atoms with E-state index in [1.165, 1.54) is 36.7 Å². The average Bonchev–Trinajstić information content (AvgIpc) is 3.02. The number of alkyl halides is 3. The number of nitrogens with one attached hydrogen (secondary N) is 4. The molecule has 0 unspecified atom stereocenters. The summed E-state index contributed by atoms with van der Waals surface area (Å²) in [7, 11) is -3.15. The van der Waals surface area contributed by atoms with Crippen molar-refractivity contribution in [2.24, 2.45) is 4.36 Å². The van der Waals surface area contributed by atoms with Crippen molar-refractivity contribution in [1.82, 2.24) is 9.97 Å². The summed E-state index contributed by atoms with van der Waals surface area (Å²) in [4.78, 5) is 33.2. The van der Waals surface area contributed by atoms with Gasteiger partial charge >= 0.3 is 18.3 Å². The zero-order valence-electron chi connectivity index (χ0n) is 26.1. The summed E-state index contributed by atoms with van der Waals surface area (Å²) in [6.07, 6.45) is -3.10. The van der Waals surface area contributed by atoms with Crippen LogP contribution in [0.2, 0.25) is 0 Å². The van der Waals surface area contributed by atoms with E-state index in [4.69, 9.17) is 4.74 Å². The summed E-state index contributed by atoms with van der Waals surface area (Å²) in [6, 6.07) is 9.61. The zero-order valence-corrected chi connectivity index (χ0v) is 26.9. The van der Waals surface area contributed by atoms with Crippen LogP contribution in [-0.4, -0.2) is 56.9 Å². The van der Waals surface area contributed by atoms with Gasteiger partial charge in [0.2, 0.25) is 5.95 Å². The molecule has 0 fully saturated rings. The molecule has 4 aromatic rings. The highest BCUT2D eigenvalue weighted by Crippen LogP contribution is 2.33. The van der Waals surface area contributed by atoms with Crippen molar-refractivity contribution in [2.75, 3.05) is 40.7 Å². The van der Waals surface area contributed by atoms with Gasteiger partial charge < -0.3 is 31.1 Å². The summed E-state index contributed by atoms with van der Waals surface area (Å²) in [5.74, 6) is -1.86. The minimum atomic E-state index is -4.78. The Hall–Kier alpha value is -5.36. The van der Waals surface area contributed by atoms with E-state index in [-0.39, 0.29) is 46.7 Å². The van der Waals surface area contributed by atoms with Gasteiger partial charge in [-0.15, -0.1) is 4.36 Å². The fourth-order valence-electron chi connectivity index (χ4n) is 4.18. The minimum Gasteiger partial charge on any atom is -0.448 e. The number of ether oxygens (including phenoxy) is 1. The molecule has 0 spiro atoms. The van der Waals surface area contributed by atoms with Gasteiger partial charge in [0.15, 0.2) is 0 Å². The molecule has 0 aliphatic rings. The molecule has 2 atom stereocenters. The normalized spacial score (nSPS) is 13.1. The number of nitrogens with zero attached hydrogens (tertiary/aromatic N) is 3. The molecule has 3 amide bonds. The van der Waals surface area contributed by atoms with Crippen LogP contribution < -0.4 is 21.3 Å². The monoisotopic (exact) mass is 707 g/mol. The van der Waals surface area contributed by atoms with E-state index in [2.05, 4.69) is 30.3 Å². The Balaban J connectivity index is 1.57. The van der Waals surface area contributed by atoms with Crippen molar-refractivity contribution in [3.05, 3.63) is 84.1 Å². The fraction of sp³-hybridized carbons (Fsp3) is 0.226. The van der Waals surface area contributed by atoms with Gasteiger partial charge in [0.05, 0.1) is 39.9 Å². The van der Waals surface area contributed by atoms with E-state index in [0.717, 1.165) is 6.07 Å². The van der Waals surface area contributed by atoms with Gasteiger partial charge in [-0.3, -0.25) is 0 Å². The summed E-state index contributed by atoms with van der Waals surface area (Å²) >= 11 is 0. The second-order valence-corrected chi connectivity index (χ2v) is 12.7. The Morgan fingerprint density at radius 1 is 1.02 bits per heavy atom. The zero-order chi connectivity index (χ0) is 35.9. The van der Waals surface area contributed by atoms with Gasteiger partial charge in [-0.25, -0.2) is 27.6 Å². The molecule has 0 bridgehead atoms. The number of carbonyl (C=O) groups excluding carboxylic acids is 2. The summed E-state index contributed by atoms with van der Waals surface area (Å²) in [6.45, 7) is 3.03. The van der Waals surface area contributed by atoms with Crippen molar-refractivity contribution < 1.29 is 45.6 Å². The van der Waals surface area contributed by atoms with Crippen LogP contribution in [0.5, 0.6) is 0 Å². The van der Waals surface area contributed by atoms with Crippen LogP contribution >= 0.6 is 0 Å². The maximum Gasteiger partial charge on any atom is 0.442 e. The third-order valence-corrected chi connectivity index (χ3v) is 8.19. The van der Waals surface area contributed by atoms with Crippen LogP contribution in [0.3, 0.4) is 0 Å². The standard InChI is InChI=1S/C31H30F5N7O5S/c1-4-48-30(46)43-49(3,47)21-7-5-6-20(14-21)39-28-37-15-22(27(42-28)38-17(2)16-44)18-8-11-25(24(33)12-18)40-29(45)41-26-13-19(31(34,35)36)9-10-23(26)32/h5-15,17,44H,4,16H2,1-3H3,(H2,40,41,45)(H2,37,38,39,42)/t17-,49-/m1/s1. The smallest absolute Gasteiger partial charge is 0.442 e. The molecule has 18 heteroatoms. The third-order valence-electron chi connectivity index (χ3n) is 6.56. The fourth-order valence-corrected chi connectivity index (χ4v) is 5.30. The van der Waals surface area contributed by atoms with Crippen LogP contribution in [0.15, 0.2) is 76.1 Å². The molecule has 1 heterocycles. The lowest BCUT2D eigenvalue weighted by Gasteiger charge is -2.17. The maximum atomic E-state index is 15.2. The number of aromatic nitrogens is 2. The quantitative estimate of drug-likeness (QED) is 0.107. The first-order valence-corrected chi connectivity index (χ1v) is 16.3. The number of benzene rings is 3. The van der Waals surface area contributed by atoms with Crippen LogP contribution in [0.4, 0.5) is 60.4 Å². The molecule has 12 nitrogen and oxygen atoms in total. The highest BCUT2D eigenvalue weighted by Gasteiger charge is 2.31. The van der Waals surface area contributed by atoms with Crippen molar-refractivity contribution in [1.29, 1.82) is 0 Å². The molecule has 0 saturated heterocycles. The number of hydrogen-bond acceptors (Lipinski definition) is 9. The van der Waals surface area contributed by atoms with Crippen LogP contribution in [0.1, 0.15) is 19.4 Å². The van der Waals surface area contributed by atoms with Gasteiger partial charge in [0.1, 0.15) is 17.5 Å². The number of anilines is 5. The predicted octanol–water partition coefficient (Wildman–Crippen LogP) is 7.23. The van der Waals surface area contributed by atoms with Crippen LogP contribution in [-0.2, 0) is 20.6 Å². The number of aliphatic hydroxyl groups is 1. The Morgan fingerprint density at radius 3 is 2.43 bits per heavy atom. The number of halogens is 5. The lowest BCUT2D eigenvalue weighted by atomic mass is 10.1. The Bertz CT molecular complexity index is 1990. The first-order valence-electron chi connectivity index (χ1n) is 14.3. The number of rotatable bonds is 10. The van der Waals surface area contributed by atoms with E-state index in [0.29, 0.717) is 23.9 Å². The molecule has 0 saturated carbocycles. The van der Waals surface area contributed by atoms with E-state index in [1.807, 2.05) is 5.32 Å². The SMILES string of the molecule is CCOC(=O)N=[S@](C)(=O)c1cccc(Nc2ncc(-c3ccc(NC(=O)Nc4cc(C(F)(F)F)ccc4F)c(F)c3)c(N[C@H](C)CO)n2)c1. The van der Waals surface area contributed by atoms with E-state index < -0.39 is 57.0 Å². The third kappa shape index (κ3) is 9.60. The Labute approximate surface area is 277 Å². The van der Waals surface area contributed by atoms with Crippen molar-refractivity contribution in [3.8, 4) is 11.1 Å². The Kier molecular flexibility index (Phi) is 11.3. The molecule has 0 aliphatic heterocycles. The summed E-state index contributed by atoms with van der Waals surface area (Å²) < 4.78 is 89.7. The molecule has 260 valence electrons. The molecular weight excluding hydrogens is 677 g/mol. The van der Waals surface area contributed by atoms with E-state index >= 15 is 4.39 Å². The van der Waals surface area contributed by atoms with Crippen LogP contribution in [0.25, 0.3) is 11.1 Å². The molecule has 1 aromatic heterocycles. The number of amides is 3. The summed E-state index contributed by atoms with van der Waals surface area (Å²) in [5.41, 5.74) is -1.40. The minimum absolute atomic E-state index is 0.0516. The Morgan fingerprint density at radius 2 is 1.76 bits per heavy atom. The topological polar surface area (TPSA) is 167 Å². The lowest BCUT2D eigenvalue weighted by Crippen LogP contribution is -2.21. The maximum absolute atomic E-state index is 15.2. The number of urea groups is 1. The largest absolute Gasteiger partial charge is 0.448 e. The number of hydrogen-bond donors (Lipinski definition) is 5. The van der Waals surface area contributed by atoms with Crippen LogP contribution in [0, 0.1) is 11.6 Å². The average molecular weight is 708 g/mol. The molecular formula is C31H30F5N7O5S. The van der Waals surface area contributed by atoms with E-state index in [9.17, 15) is 36.5 Å². The first kappa shape index (κ1) is 36.5. The van der Waals surface area contributed by atoms with Crippen molar-refractivity contribution in [3.63, 3.8) is 0 Å². The number of carbonyl (C=O) groups is 2. The highest BCUT2D eigenvalue weighted by molar-refractivity contribution is 7.93. The van der Waals surface area contributed by atoms with E-state index in [1.54, 1.807) is 26.0 Å². The van der Waals surface area contributed by atoms with Gasteiger partial charge in [-0.05, 0) is 67.9 Å². The second-order valence-electron chi connectivity index (χ2n) is 10.4. The lowest BCUT2D eigenvalue weighted by molar-refractivity contribution is -0.137. The second kappa shape index (κ2) is 15.2. The van der Waals surface area contributed by atoms with Gasteiger partial charge in [-0.2, -0.15) is 18.2 Å². The summed E-state index contributed by atoms with van der Waals surface area (Å²) in [5, 5.41) is 19.7. The van der Waals surface area contributed by atoms with Crippen molar-refractivity contribution in [2.45, 2.75) is 31.0 Å². The first-order chi connectivity index (χ1) is 23.1. The number of aliphatic hydroxyl groups excluding tert-OH is 1.